The molecule has 126 valence electrons. The first-order valence-electron chi connectivity index (χ1n) is 8.78. The SMILES string of the molecule is C[C@H]1CCCCN1CCCNc1nn2nnnc2c2ccccc12. The molecule has 7 heteroatoms. The van der Waals surface area contributed by atoms with Crippen LogP contribution in [0.2, 0.25) is 0 Å². The molecule has 1 aliphatic heterocycles. The van der Waals surface area contributed by atoms with Crippen molar-refractivity contribution < 1.29 is 0 Å². The molecule has 1 atom stereocenters. The molecule has 0 aliphatic carbocycles. The van der Waals surface area contributed by atoms with Gasteiger partial charge >= 0.3 is 0 Å². The number of nitrogens with zero attached hydrogens (tertiary/aromatic N) is 6. The summed E-state index contributed by atoms with van der Waals surface area (Å²) >= 11 is 0. The minimum atomic E-state index is 0.693. The van der Waals surface area contributed by atoms with Gasteiger partial charge in [-0.25, -0.2) is 0 Å². The third kappa shape index (κ3) is 2.91. The fraction of sp³-hybridized carbons (Fsp3) is 0.529. The summed E-state index contributed by atoms with van der Waals surface area (Å²) in [5, 5.41) is 21.8. The van der Waals surface area contributed by atoms with E-state index in [1.54, 1.807) is 0 Å². The Morgan fingerprint density at radius 2 is 2.08 bits per heavy atom. The highest BCUT2D eigenvalue weighted by Gasteiger charge is 2.17. The molecule has 24 heavy (non-hydrogen) atoms. The number of rotatable bonds is 5. The van der Waals surface area contributed by atoms with Gasteiger partial charge in [0.2, 0.25) is 5.65 Å². The monoisotopic (exact) mass is 325 g/mol. The number of piperidine rings is 1. The second kappa shape index (κ2) is 6.68. The summed E-state index contributed by atoms with van der Waals surface area (Å²) in [6.07, 6.45) is 5.14. The molecule has 4 rings (SSSR count). The average molecular weight is 325 g/mol. The van der Waals surface area contributed by atoms with Crippen molar-refractivity contribution in [2.45, 2.75) is 38.6 Å². The van der Waals surface area contributed by atoms with Gasteiger partial charge in [-0.2, -0.15) is 0 Å². The Labute approximate surface area is 141 Å². The van der Waals surface area contributed by atoms with E-state index < -0.39 is 0 Å². The number of nitrogens with one attached hydrogen (secondary N) is 1. The van der Waals surface area contributed by atoms with Crippen LogP contribution in [0, 0.1) is 0 Å². The summed E-state index contributed by atoms with van der Waals surface area (Å²) in [4.78, 5) is 2.60. The molecular formula is C17H23N7. The number of tetrazole rings is 1. The Balaban J connectivity index is 1.46. The first-order valence-corrected chi connectivity index (χ1v) is 8.78. The van der Waals surface area contributed by atoms with E-state index >= 15 is 0 Å². The van der Waals surface area contributed by atoms with E-state index in [1.807, 2.05) is 18.2 Å². The Morgan fingerprint density at radius 1 is 1.21 bits per heavy atom. The minimum absolute atomic E-state index is 0.693. The number of hydrogen-bond acceptors (Lipinski definition) is 6. The highest BCUT2D eigenvalue weighted by molar-refractivity contribution is 5.99. The highest BCUT2D eigenvalue weighted by Crippen LogP contribution is 2.23. The predicted octanol–water partition coefficient (Wildman–Crippen LogP) is 2.35. The lowest BCUT2D eigenvalue weighted by Crippen LogP contribution is -2.38. The molecule has 0 amide bonds. The Bertz CT molecular complexity index is 828. The smallest absolute Gasteiger partial charge is 0.207 e. The minimum Gasteiger partial charge on any atom is -0.368 e. The van der Waals surface area contributed by atoms with Crippen molar-refractivity contribution in [2.75, 3.05) is 25.0 Å². The van der Waals surface area contributed by atoms with Crippen LogP contribution in [-0.2, 0) is 0 Å². The number of anilines is 1. The second-order valence-electron chi connectivity index (χ2n) is 6.55. The molecule has 3 aromatic rings. The Kier molecular flexibility index (Phi) is 4.25. The summed E-state index contributed by atoms with van der Waals surface area (Å²) < 4.78 is 1.50. The van der Waals surface area contributed by atoms with Gasteiger partial charge in [0, 0.05) is 29.9 Å². The second-order valence-corrected chi connectivity index (χ2v) is 6.55. The van der Waals surface area contributed by atoms with Crippen molar-refractivity contribution in [2.24, 2.45) is 0 Å². The van der Waals surface area contributed by atoms with Gasteiger partial charge in [0.05, 0.1) is 0 Å². The van der Waals surface area contributed by atoms with Crippen molar-refractivity contribution in [3.63, 3.8) is 0 Å². The standard InChI is InChI=1S/C17H23N7/c1-13-7-4-5-11-23(13)12-6-10-18-16-14-8-2-3-9-15(14)17-19-21-22-24(17)20-16/h2-3,8-9,13H,4-7,10-12H2,1H3,(H,18,20)/t13-/m0/s1. The van der Waals surface area contributed by atoms with Gasteiger partial charge in [-0.05, 0) is 43.2 Å². The zero-order valence-corrected chi connectivity index (χ0v) is 14.0. The zero-order chi connectivity index (χ0) is 16.4. The lowest BCUT2D eigenvalue weighted by Gasteiger charge is -2.33. The van der Waals surface area contributed by atoms with Crippen LogP contribution in [0.1, 0.15) is 32.6 Å². The molecule has 1 saturated heterocycles. The summed E-state index contributed by atoms with van der Waals surface area (Å²) in [7, 11) is 0. The van der Waals surface area contributed by atoms with Crippen molar-refractivity contribution in [1.29, 1.82) is 0 Å². The quantitative estimate of drug-likeness (QED) is 0.726. The Hall–Kier alpha value is -2.28. The average Bonchev–Trinajstić information content (AvgIpc) is 3.09. The maximum atomic E-state index is 4.52. The summed E-state index contributed by atoms with van der Waals surface area (Å²) in [5.74, 6) is 0.845. The topological polar surface area (TPSA) is 71.2 Å². The molecule has 1 aliphatic rings. The third-order valence-corrected chi connectivity index (χ3v) is 4.93. The van der Waals surface area contributed by atoms with Gasteiger partial charge in [-0.15, -0.1) is 14.8 Å². The molecular weight excluding hydrogens is 302 g/mol. The third-order valence-electron chi connectivity index (χ3n) is 4.93. The molecule has 0 bridgehead atoms. The van der Waals surface area contributed by atoms with E-state index in [0.29, 0.717) is 5.65 Å². The molecule has 7 nitrogen and oxygen atoms in total. The van der Waals surface area contributed by atoms with Crippen LogP contribution in [-0.4, -0.2) is 55.8 Å². The number of aromatic nitrogens is 5. The predicted molar refractivity (Wildman–Crippen MR) is 94.1 cm³/mol. The van der Waals surface area contributed by atoms with E-state index in [-0.39, 0.29) is 0 Å². The molecule has 0 saturated carbocycles. The van der Waals surface area contributed by atoms with E-state index in [9.17, 15) is 0 Å². The maximum Gasteiger partial charge on any atom is 0.207 e. The van der Waals surface area contributed by atoms with Gasteiger partial charge in [0.1, 0.15) is 0 Å². The largest absolute Gasteiger partial charge is 0.368 e. The van der Waals surface area contributed by atoms with Gasteiger partial charge in [0.25, 0.3) is 0 Å². The molecule has 0 unspecified atom stereocenters. The number of benzene rings is 1. The molecule has 3 heterocycles. The summed E-state index contributed by atoms with van der Waals surface area (Å²) in [6.45, 7) is 5.61. The van der Waals surface area contributed by atoms with Crippen LogP contribution in [0.4, 0.5) is 5.82 Å². The zero-order valence-electron chi connectivity index (χ0n) is 14.0. The van der Waals surface area contributed by atoms with Gasteiger partial charge in [-0.1, -0.05) is 30.7 Å². The van der Waals surface area contributed by atoms with Crippen molar-refractivity contribution in [1.82, 2.24) is 30.2 Å². The maximum absolute atomic E-state index is 4.52. The molecule has 0 spiro atoms. The van der Waals surface area contributed by atoms with E-state index in [1.165, 1.54) is 30.4 Å². The van der Waals surface area contributed by atoms with Gasteiger partial charge < -0.3 is 10.2 Å². The van der Waals surface area contributed by atoms with Crippen molar-refractivity contribution in [3.8, 4) is 0 Å². The van der Waals surface area contributed by atoms with Gasteiger partial charge in [-0.3, -0.25) is 0 Å². The van der Waals surface area contributed by atoms with Crippen molar-refractivity contribution in [3.05, 3.63) is 24.3 Å². The fourth-order valence-electron chi connectivity index (χ4n) is 3.55. The first kappa shape index (κ1) is 15.3. The molecule has 1 N–H and O–H groups in total. The molecule has 2 aromatic heterocycles. The lowest BCUT2D eigenvalue weighted by atomic mass is 10.0. The van der Waals surface area contributed by atoms with Crippen LogP contribution in [0.3, 0.4) is 0 Å². The van der Waals surface area contributed by atoms with Crippen LogP contribution in [0.5, 0.6) is 0 Å². The summed E-state index contributed by atoms with van der Waals surface area (Å²) in [6, 6.07) is 8.83. The van der Waals surface area contributed by atoms with Gasteiger partial charge in [0.15, 0.2) is 5.82 Å². The number of hydrogen-bond donors (Lipinski definition) is 1. The van der Waals surface area contributed by atoms with Crippen LogP contribution < -0.4 is 5.32 Å². The molecule has 0 radical (unpaired) electrons. The Morgan fingerprint density at radius 3 is 2.96 bits per heavy atom. The molecule has 1 fully saturated rings. The number of likely N-dealkylation sites (tertiary alicyclic amines) is 1. The van der Waals surface area contributed by atoms with E-state index in [4.69, 9.17) is 0 Å². The summed E-state index contributed by atoms with van der Waals surface area (Å²) in [5.41, 5.74) is 0.693. The highest BCUT2D eigenvalue weighted by atomic mass is 15.6. The van der Waals surface area contributed by atoms with Crippen molar-refractivity contribution >= 4 is 22.2 Å². The van der Waals surface area contributed by atoms with E-state index in [2.05, 4.69) is 43.8 Å². The lowest BCUT2D eigenvalue weighted by molar-refractivity contribution is 0.160. The van der Waals surface area contributed by atoms with E-state index in [0.717, 1.165) is 42.1 Å². The fourth-order valence-corrected chi connectivity index (χ4v) is 3.55. The van der Waals surface area contributed by atoms with Crippen LogP contribution in [0.15, 0.2) is 24.3 Å². The van der Waals surface area contributed by atoms with Crippen LogP contribution in [0.25, 0.3) is 16.4 Å². The normalized spacial score (nSPS) is 19.1. The molecule has 1 aromatic carbocycles. The first-order chi connectivity index (χ1) is 11.8. The number of fused-ring (bicyclic) bond motifs is 3. The van der Waals surface area contributed by atoms with Crippen LogP contribution >= 0.6 is 0 Å².